The molecule has 0 radical (unpaired) electrons. The predicted molar refractivity (Wildman–Crippen MR) is 126 cm³/mol. The fourth-order valence-corrected chi connectivity index (χ4v) is 7.42. The monoisotopic (exact) mass is 415 g/mol. The van der Waals surface area contributed by atoms with E-state index in [1.807, 2.05) is 35.2 Å². The minimum absolute atomic E-state index is 0.0172. The van der Waals surface area contributed by atoms with Gasteiger partial charge in [-0.3, -0.25) is 4.79 Å². The van der Waals surface area contributed by atoms with Crippen LogP contribution in [0.15, 0.2) is 84.9 Å². The molecule has 3 atom stereocenters. The molecule has 0 saturated carbocycles. The van der Waals surface area contributed by atoms with E-state index in [9.17, 15) is 4.79 Å². The van der Waals surface area contributed by atoms with Crippen LogP contribution in [-0.4, -0.2) is 21.1 Å². The van der Waals surface area contributed by atoms with Crippen molar-refractivity contribution >= 4 is 24.9 Å². The van der Waals surface area contributed by atoms with E-state index in [2.05, 4.69) is 74.6 Å². The second-order valence-corrected chi connectivity index (χ2v) is 13.6. The summed E-state index contributed by atoms with van der Waals surface area (Å²) in [5, 5.41) is 1.40. The molecule has 154 valence electrons. The average molecular weight is 416 g/mol. The lowest BCUT2D eigenvalue weighted by Crippen LogP contribution is -2.61. The molecular formula is C26H29NO2Si. The summed E-state index contributed by atoms with van der Waals surface area (Å²) >= 11 is 0. The van der Waals surface area contributed by atoms with Gasteiger partial charge in [0.1, 0.15) is 5.75 Å². The van der Waals surface area contributed by atoms with Crippen LogP contribution in [0.25, 0.3) is 0 Å². The molecule has 3 aromatic rings. The Bertz CT molecular complexity index is 1000. The van der Waals surface area contributed by atoms with Gasteiger partial charge in [-0.2, -0.15) is 0 Å². The maximum Gasteiger partial charge on any atom is 0.233 e. The molecule has 30 heavy (non-hydrogen) atoms. The maximum absolute atomic E-state index is 13.5. The first-order valence-electron chi connectivity index (χ1n) is 10.5. The first kappa shape index (κ1) is 20.4. The van der Waals surface area contributed by atoms with Gasteiger partial charge < -0.3 is 9.64 Å². The maximum atomic E-state index is 13.5. The smallest absolute Gasteiger partial charge is 0.233 e. The number of methoxy groups -OCH3 is 1. The summed E-state index contributed by atoms with van der Waals surface area (Å²) in [4.78, 5) is 15.5. The molecule has 0 aliphatic carbocycles. The van der Waals surface area contributed by atoms with Crippen LogP contribution in [-0.2, 0) is 4.79 Å². The topological polar surface area (TPSA) is 29.5 Å². The molecule has 0 bridgehead atoms. The van der Waals surface area contributed by atoms with Crippen LogP contribution in [0.1, 0.15) is 18.5 Å². The zero-order valence-corrected chi connectivity index (χ0v) is 19.1. The third-order valence-electron chi connectivity index (χ3n) is 6.83. The molecule has 1 aliphatic heterocycles. The van der Waals surface area contributed by atoms with Crippen LogP contribution < -0.4 is 14.8 Å². The molecular weight excluding hydrogens is 386 g/mol. The van der Waals surface area contributed by atoms with Gasteiger partial charge in [0.15, 0.2) is 0 Å². The highest BCUT2D eigenvalue weighted by atomic mass is 28.3. The number of ether oxygens (including phenoxy) is 1. The lowest BCUT2D eigenvalue weighted by molar-refractivity contribution is -0.130. The molecule has 3 aromatic carbocycles. The molecule has 4 rings (SSSR count). The second kappa shape index (κ2) is 8.11. The summed E-state index contributed by atoms with van der Waals surface area (Å²) in [6, 6.07) is 29.0. The lowest BCUT2D eigenvalue weighted by atomic mass is 9.79. The number of β-lactam (4-membered cyclic amide) rings is 1. The zero-order chi connectivity index (χ0) is 21.3. The Balaban J connectivity index is 1.71. The van der Waals surface area contributed by atoms with Crippen molar-refractivity contribution in [2.24, 2.45) is 5.92 Å². The van der Waals surface area contributed by atoms with Crippen molar-refractivity contribution in [1.29, 1.82) is 0 Å². The molecule has 1 heterocycles. The van der Waals surface area contributed by atoms with Crippen molar-refractivity contribution in [3.05, 3.63) is 90.5 Å². The number of hydrogen-bond acceptors (Lipinski definition) is 2. The Hall–Kier alpha value is -2.85. The van der Waals surface area contributed by atoms with Gasteiger partial charge in [0.2, 0.25) is 5.91 Å². The minimum Gasteiger partial charge on any atom is -0.497 e. The van der Waals surface area contributed by atoms with E-state index in [1.54, 1.807) is 7.11 Å². The van der Waals surface area contributed by atoms with Gasteiger partial charge in [-0.1, -0.05) is 85.9 Å². The molecule has 1 fully saturated rings. The van der Waals surface area contributed by atoms with E-state index in [0.29, 0.717) is 5.54 Å². The summed E-state index contributed by atoms with van der Waals surface area (Å²) in [5.74, 6) is 1.000. The summed E-state index contributed by atoms with van der Waals surface area (Å²) in [5.41, 5.74) is 2.44. The Kier molecular flexibility index (Phi) is 5.52. The number of amides is 1. The van der Waals surface area contributed by atoms with Gasteiger partial charge in [0.25, 0.3) is 0 Å². The van der Waals surface area contributed by atoms with E-state index in [0.717, 1.165) is 11.4 Å². The van der Waals surface area contributed by atoms with Gasteiger partial charge in [0, 0.05) is 5.69 Å². The van der Waals surface area contributed by atoms with Crippen LogP contribution in [0.3, 0.4) is 0 Å². The number of rotatable bonds is 6. The first-order valence-corrected chi connectivity index (χ1v) is 13.6. The molecule has 1 amide bonds. The van der Waals surface area contributed by atoms with Crippen molar-refractivity contribution in [1.82, 2.24) is 0 Å². The summed E-state index contributed by atoms with van der Waals surface area (Å²) in [6.07, 6.45) is 0. The quantitative estimate of drug-likeness (QED) is 0.398. The lowest BCUT2D eigenvalue weighted by Gasteiger charge is -2.52. The molecule has 1 aliphatic rings. The Morgan fingerprint density at radius 3 is 2.00 bits per heavy atom. The third kappa shape index (κ3) is 3.45. The van der Waals surface area contributed by atoms with Crippen LogP contribution in [0.5, 0.6) is 5.75 Å². The van der Waals surface area contributed by atoms with Crippen molar-refractivity contribution in [3.8, 4) is 5.75 Å². The van der Waals surface area contributed by atoms with Crippen LogP contribution in [0, 0.1) is 5.92 Å². The van der Waals surface area contributed by atoms with E-state index >= 15 is 0 Å². The number of benzene rings is 3. The fraction of sp³-hybridized carbons (Fsp3) is 0.269. The van der Waals surface area contributed by atoms with Gasteiger partial charge in [-0.05, 0) is 35.4 Å². The number of nitrogens with zero attached hydrogens (tertiary/aromatic N) is 1. The number of anilines is 1. The SMILES string of the molecule is COc1ccc(N2C(=O)[C@H]([C@@H](C)[Si](C)(C)c3ccccc3)[C@@H]2c2ccccc2)cc1. The van der Waals surface area contributed by atoms with Crippen molar-refractivity contribution in [2.75, 3.05) is 12.0 Å². The van der Waals surface area contributed by atoms with E-state index in [-0.39, 0.29) is 17.9 Å². The first-order chi connectivity index (χ1) is 14.4. The summed E-state index contributed by atoms with van der Waals surface area (Å²) in [6.45, 7) is 7.06. The van der Waals surface area contributed by atoms with Gasteiger partial charge in [-0.25, -0.2) is 0 Å². The van der Waals surface area contributed by atoms with E-state index < -0.39 is 8.07 Å². The minimum atomic E-state index is -1.84. The van der Waals surface area contributed by atoms with Crippen LogP contribution in [0.2, 0.25) is 18.6 Å². The Morgan fingerprint density at radius 1 is 0.867 bits per heavy atom. The highest BCUT2D eigenvalue weighted by molar-refractivity contribution is 6.91. The van der Waals surface area contributed by atoms with Crippen molar-refractivity contribution in [3.63, 3.8) is 0 Å². The number of carbonyl (C=O) groups excluding carboxylic acids is 1. The standard InChI is InChI=1S/C26H29NO2Si/c1-19(30(3,4)23-13-9-6-10-14-23)24-25(20-11-7-5-8-12-20)27(26(24)28)21-15-17-22(29-2)18-16-21/h5-19,24-25H,1-4H3/t19-,24-,25+/m1/s1. The van der Waals surface area contributed by atoms with E-state index in [4.69, 9.17) is 4.74 Å². The molecule has 0 N–H and O–H groups in total. The largest absolute Gasteiger partial charge is 0.497 e. The second-order valence-electron chi connectivity index (χ2n) is 8.66. The molecule has 3 nitrogen and oxygen atoms in total. The average Bonchev–Trinajstić information content (AvgIpc) is 2.79. The highest BCUT2D eigenvalue weighted by Gasteiger charge is 2.54. The predicted octanol–water partition coefficient (Wildman–Crippen LogP) is 5.41. The molecule has 1 saturated heterocycles. The summed E-state index contributed by atoms with van der Waals surface area (Å²) < 4.78 is 5.29. The van der Waals surface area contributed by atoms with Crippen molar-refractivity contribution in [2.45, 2.75) is 31.6 Å². The van der Waals surface area contributed by atoms with Gasteiger partial charge in [0.05, 0.1) is 27.1 Å². The van der Waals surface area contributed by atoms with Crippen molar-refractivity contribution < 1.29 is 9.53 Å². The molecule has 0 spiro atoms. The fourth-order valence-electron chi connectivity index (χ4n) is 4.62. The van der Waals surface area contributed by atoms with Gasteiger partial charge >= 0.3 is 0 Å². The zero-order valence-electron chi connectivity index (χ0n) is 18.1. The molecule has 4 heteroatoms. The van der Waals surface area contributed by atoms with Crippen LogP contribution in [0.4, 0.5) is 5.69 Å². The molecule has 0 unspecified atom stereocenters. The number of carbonyl (C=O) groups is 1. The van der Waals surface area contributed by atoms with E-state index in [1.165, 1.54) is 10.8 Å². The summed E-state index contributed by atoms with van der Waals surface area (Å²) in [7, 11) is -0.188. The third-order valence-corrected chi connectivity index (χ3v) is 11.3. The molecule has 0 aromatic heterocycles. The van der Waals surface area contributed by atoms with Crippen LogP contribution >= 0.6 is 0 Å². The Labute approximate surface area is 180 Å². The number of hydrogen-bond donors (Lipinski definition) is 0. The normalized spacial score (nSPS) is 19.9. The highest BCUT2D eigenvalue weighted by Crippen LogP contribution is 2.51. The Morgan fingerprint density at radius 2 is 1.43 bits per heavy atom. The van der Waals surface area contributed by atoms with Gasteiger partial charge in [-0.15, -0.1) is 0 Å².